The van der Waals surface area contributed by atoms with Crippen molar-refractivity contribution in [3.8, 4) is 5.75 Å². The molecule has 192 valence electrons. The molecule has 1 heterocycles. The van der Waals surface area contributed by atoms with Gasteiger partial charge in [-0.15, -0.1) is 0 Å². The van der Waals surface area contributed by atoms with Crippen molar-refractivity contribution in [2.75, 3.05) is 52.3 Å². The van der Waals surface area contributed by atoms with E-state index in [1.807, 2.05) is 52.2 Å². The molecule has 1 saturated heterocycles. The smallest absolute Gasteiger partial charge is 0.196 e. The fourth-order valence-corrected chi connectivity index (χ4v) is 5.91. The van der Waals surface area contributed by atoms with Crippen LogP contribution in [0.2, 0.25) is 0 Å². The molecule has 3 aromatic carbocycles. The van der Waals surface area contributed by atoms with Gasteiger partial charge in [0, 0.05) is 75.3 Å². The third-order valence-corrected chi connectivity index (χ3v) is 7.74. The number of fused-ring (bicyclic) bond motifs is 1. The van der Waals surface area contributed by atoms with Crippen LogP contribution in [0.5, 0.6) is 5.75 Å². The summed E-state index contributed by atoms with van der Waals surface area (Å²) >= 11 is 0. The Labute approximate surface area is 219 Å². The van der Waals surface area contributed by atoms with Crippen LogP contribution in [0.15, 0.2) is 60.7 Å². The summed E-state index contributed by atoms with van der Waals surface area (Å²) in [5.74, 6) is 0.664. The third kappa shape index (κ3) is 4.24. The lowest BCUT2D eigenvalue weighted by Gasteiger charge is -2.44. The molecule has 0 saturated carbocycles. The van der Waals surface area contributed by atoms with Crippen molar-refractivity contribution in [3.63, 3.8) is 0 Å². The zero-order valence-corrected chi connectivity index (χ0v) is 22.4. The summed E-state index contributed by atoms with van der Waals surface area (Å²) in [4.78, 5) is 34.7. The summed E-state index contributed by atoms with van der Waals surface area (Å²) < 4.78 is 5.69. The second kappa shape index (κ2) is 9.77. The second-order valence-corrected chi connectivity index (χ2v) is 10.4. The normalized spacial score (nSPS) is 17.6. The minimum Gasteiger partial charge on any atom is -0.496 e. The molecule has 0 bridgehead atoms. The van der Waals surface area contributed by atoms with Gasteiger partial charge in [0.2, 0.25) is 0 Å². The van der Waals surface area contributed by atoms with Crippen LogP contribution >= 0.6 is 0 Å². The molecular weight excluding hydrogens is 462 g/mol. The van der Waals surface area contributed by atoms with E-state index in [0.29, 0.717) is 24.2 Å². The number of anilines is 1. The largest absolute Gasteiger partial charge is 0.496 e. The van der Waals surface area contributed by atoms with Crippen molar-refractivity contribution in [1.82, 2.24) is 9.80 Å². The van der Waals surface area contributed by atoms with E-state index in [1.165, 1.54) is 0 Å². The van der Waals surface area contributed by atoms with Gasteiger partial charge in [0.25, 0.3) is 0 Å². The highest BCUT2D eigenvalue weighted by Gasteiger charge is 2.58. The topological polar surface area (TPSA) is 53.1 Å². The van der Waals surface area contributed by atoms with Gasteiger partial charge in [-0.05, 0) is 25.5 Å². The van der Waals surface area contributed by atoms with E-state index in [4.69, 9.17) is 4.74 Å². The molecule has 1 aliphatic carbocycles. The standard InChI is InChI=1S/C31H35N3O3/c1-21-16-22(2)18-24(17-21)31(29(35)26-8-6-7-9-27(26)30(31)36)34-14-12-33(13-15-34)20-23-10-11-25(32(3)4)19-28(23)37-5/h6-11,16-19H,12-15,20H2,1-5H3. The number of benzene rings is 3. The molecule has 0 amide bonds. The maximum Gasteiger partial charge on any atom is 0.196 e. The maximum absolute atomic E-state index is 14.1. The predicted molar refractivity (Wildman–Crippen MR) is 147 cm³/mol. The molecule has 1 fully saturated rings. The molecule has 0 spiro atoms. The number of nitrogens with zero attached hydrogens (tertiary/aromatic N) is 3. The summed E-state index contributed by atoms with van der Waals surface area (Å²) in [6.45, 7) is 7.54. The molecule has 6 heteroatoms. The maximum atomic E-state index is 14.1. The van der Waals surface area contributed by atoms with E-state index in [1.54, 1.807) is 19.2 Å². The van der Waals surface area contributed by atoms with E-state index in [2.05, 4.69) is 39.0 Å². The number of aryl methyl sites for hydroxylation is 2. The number of methoxy groups -OCH3 is 1. The highest BCUT2D eigenvalue weighted by atomic mass is 16.5. The highest BCUT2D eigenvalue weighted by molar-refractivity contribution is 6.32. The minimum absolute atomic E-state index is 0.104. The number of rotatable bonds is 6. The van der Waals surface area contributed by atoms with E-state index < -0.39 is 5.54 Å². The van der Waals surface area contributed by atoms with Crippen LogP contribution in [-0.2, 0) is 12.1 Å². The van der Waals surface area contributed by atoms with E-state index in [9.17, 15) is 9.59 Å². The van der Waals surface area contributed by atoms with Crippen LogP contribution in [0, 0.1) is 13.8 Å². The van der Waals surface area contributed by atoms with Crippen molar-refractivity contribution in [3.05, 3.63) is 94.0 Å². The average molecular weight is 498 g/mol. The lowest BCUT2D eigenvalue weighted by molar-refractivity contribution is 0.0278. The summed E-state index contributed by atoms with van der Waals surface area (Å²) in [6, 6.07) is 19.7. The summed E-state index contributed by atoms with van der Waals surface area (Å²) in [6.07, 6.45) is 0. The van der Waals surface area contributed by atoms with Crippen LogP contribution in [0.3, 0.4) is 0 Å². The zero-order chi connectivity index (χ0) is 26.3. The van der Waals surface area contributed by atoms with Gasteiger partial charge in [-0.25, -0.2) is 0 Å². The first-order chi connectivity index (χ1) is 17.7. The number of carbonyl (C=O) groups is 2. The molecule has 6 nitrogen and oxygen atoms in total. The lowest BCUT2D eigenvalue weighted by atomic mass is 9.81. The molecule has 0 atom stereocenters. The lowest BCUT2D eigenvalue weighted by Crippen LogP contribution is -2.60. The van der Waals surface area contributed by atoms with Crippen molar-refractivity contribution in [2.45, 2.75) is 25.9 Å². The quantitative estimate of drug-likeness (QED) is 0.469. The van der Waals surface area contributed by atoms with Gasteiger partial charge < -0.3 is 9.64 Å². The third-order valence-electron chi connectivity index (χ3n) is 7.74. The Kier molecular flexibility index (Phi) is 6.65. The Hall–Kier alpha value is -3.48. The zero-order valence-electron chi connectivity index (χ0n) is 22.4. The van der Waals surface area contributed by atoms with Gasteiger partial charge in [-0.1, -0.05) is 59.7 Å². The van der Waals surface area contributed by atoms with Gasteiger partial charge >= 0.3 is 0 Å². The first-order valence-corrected chi connectivity index (χ1v) is 12.8. The molecule has 1 aliphatic heterocycles. The van der Waals surface area contributed by atoms with Crippen LogP contribution in [0.1, 0.15) is 43.0 Å². The molecule has 2 aliphatic rings. The van der Waals surface area contributed by atoms with Crippen molar-refractivity contribution in [1.29, 1.82) is 0 Å². The molecule has 0 radical (unpaired) electrons. The SMILES string of the molecule is COc1cc(N(C)C)ccc1CN1CCN(C2(c3cc(C)cc(C)c3)C(=O)c3ccccc3C2=O)CC1. The van der Waals surface area contributed by atoms with E-state index >= 15 is 0 Å². The highest BCUT2D eigenvalue weighted by Crippen LogP contribution is 2.43. The van der Waals surface area contributed by atoms with Crippen molar-refractivity contribution >= 4 is 17.3 Å². The van der Waals surface area contributed by atoms with Gasteiger partial charge in [0.1, 0.15) is 5.75 Å². The molecule has 0 unspecified atom stereocenters. The number of ketones is 2. The summed E-state index contributed by atoms with van der Waals surface area (Å²) in [5, 5.41) is 0. The molecule has 3 aromatic rings. The van der Waals surface area contributed by atoms with E-state index in [0.717, 1.165) is 53.3 Å². The predicted octanol–water partition coefficient (Wildman–Crippen LogP) is 4.47. The number of hydrogen-bond donors (Lipinski definition) is 0. The number of piperazine rings is 1. The Balaban J connectivity index is 1.44. The van der Waals surface area contributed by atoms with Crippen LogP contribution in [0.25, 0.3) is 0 Å². The minimum atomic E-state index is -1.31. The van der Waals surface area contributed by atoms with Crippen LogP contribution < -0.4 is 9.64 Å². The number of carbonyl (C=O) groups excluding carboxylic acids is 2. The fourth-order valence-electron chi connectivity index (χ4n) is 5.91. The van der Waals surface area contributed by atoms with Gasteiger partial charge in [0.15, 0.2) is 17.1 Å². The first-order valence-electron chi connectivity index (χ1n) is 12.8. The summed E-state index contributed by atoms with van der Waals surface area (Å²) in [5.41, 5.74) is 4.86. The Morgan fingerprint density at radius 2 is 1.43 bits per heavy atom. The molecule has 5 rings (SSSR count). The molecule has 0 N–H and O–H groups in total. The molecular formula is C31H35N3O3. The van der Waals surface area contributed by atoms with Gasteiger partial charge in [-0.3, -0.25) is 19.4 Å². The summed E-state index contributed by atoms with van der Waals surface area (Å²) in [7, 11) is 5.74. The number of Topliss-reactive ketones (excluding diaryl/α,β-unsaturated/α-hetero) is 2. The van der Waals surface area contributed by atoms with Crippen LogP contribution in [0.4, 0.5) is 5.69 Å². The molecule has 37 heavy (non-hydrogen) atoms. The average Bonchev–Trinajstić information content (AvgIpc) is 3.11. The first kappa shape index (κ1) is 25.2. The van der Waals surface area contributed by atoms with Gasteiger partial charge in [-0.2, -0.15) is 0 Å². The Morgan fingerprint density at radius 1 is 0.838 bits per heavy atom. The Morgan fingerprint density at radius 3 is 1.97 bits per heavy atom. The number of ether oxygens (including phenoxy) is 1. The van der Waals surface area contributed by atoms with Gasteiger partial charge in [0.05, 0.1) is 7.11 Å². The monoisotopic (exact) mass is 497 g/mol. The number of hydrogen-bond acceptors (Lipinski definition) is 6. The fraction of sp³-hybridized carbons (Fsp3) is 0.355. The van der Waals surface area contributed by atoms with E-state index in [-0.39, 0.29) is 11.6 Å². The Bertz CT molecular complexity index is 1300. The second-order valence-electron chi connectivity index (χ2n) is 10.4. The van der Waals surface area contributed by atoms with Crippen LogP contribution in [-0.4, -0.2) is 68.8 Å². The molecule has 0 aromatic heterocycles. The van der Waals surface area contributed by atoms with Crippen molar-refractivity contribution < 1.29 is 14.3 Å². The van der Waals surface area contributed by atoms with Crippen molar-refractivity contribution in [2.24, 2.45) is 0 Å².